The lowest BCUT2D eigenvalue weighted by Crippen LogP contribution is -2.37. The molecule has 25 heavy (non-hydrogen) atoms. The molecule has 2 fully saturated rings. The smallest absolute Gasteiger partial charge is 0.226 e. The molecule has 1 aromatic rings. The molecule has 2 unspecified atom stereocenters. The van der Waals surface area contributed by atoms with E-state index in [0.29, 0.717) is 25.6 Å². The number of carbonyl (C=O) groups is 2. The van der Waals surface area contributed by atoms with E-state index in [9.17, 15) is 9.59 Å². The predicted octanol–water partition coefficient (Wildman–Crippen LogP) is 3.51. The van der Waals surface area contributed by atoms with Crippen LogP contribution < -0.4 is 5.32 Å². The number of carbonyl (C=O) groups excluding carboxylic acids is 2. The van der Waals surface area contributed by atoms with Gasteiger partial charge in [-0.1, -0.05) is 56.0 Å². The van der Waals surface area contributed by atoms with Gasteiger partial charge in [0.15, 0.2) is 0 Å². The SMILES string of the molecule is CCN(Cc1ccccc1)C(=O)C1CC1C(=O)NC1CCCCCC1. The molecule has 1 N–H and O–H groups in total. The zero-order valence-corrected chi connectivity index (χ0v) is 15.2. The predicted molar refractivity (Wildman–Crippen MR) is 98.8 cm³/mol. The molecule has 0 aliphatic heterocycles. The van der Waals surface area contributed by atoms with Crippen molar-refractivity contribution in [3.63, 3.8) is 0 Å². The van der Waals surface area contributed by atoms with Gasteiger partial charge in [-0.05, 0) is 31.7 Å². The van der Waals surface area contributed by atoms with E-state index in [0.717, 1.165) is 18.4 Å². The first-order chi connectivity index (χ1) is 12.2. The summed E-state index contributed by atoms with van der Waals surface area (Å²) in [6.45, 7) is 3.31. The maximum absolute atomic E-state index is 12.7. The molecule has 3 rings (SSSR count). The molecule has 2 saturated carbocycles. The number of hydrogen-bond acceptors (Lipinski definition) is 2. The first kappa shape index (κ1) is 18.0. The van der Waals surface area contributed by atoms with Gasteiger partial charge in [0.25, 0.3) is 0 Å². The summed E-state index contributed by atoms with van der Waals surface area (Å²) in [5.74, 6) is 0.00315. The Bertz CT molecular complexity index is 579. The van der Waals surface area contributed by atoms with Crippen LogP contribution in [0, 0.1) is 11.8 Å². The summed E-state index contributed by atoms with van der Waals surface area (Å²) >= 11 is 0. The highest BCUT2D eigenvalue weighted by Gasteiger charge is 2.49. The van der Waals surface area contributed by atoms with Gasteiger partial charge in [0.2, 0.25) is 11.8 Å². The van der Waals surface area contributed by atoms with Crippen molar-refractivity contribution in [2.75, 3.05) is 6.54 Å². The van der Waals surface area contributed by atoms with Gasteiger partial charge >= 0.3 is 0 Å². The van der Waals surface area contributed by atoms with Crippen LogP contribution in [0.25, 0.3) is 0 Å². The minimum atomic E-state index is -0.116. The maximum Gasteiger partial charge on any atom is 0.226 e. The molecule has 0 heterocycles. The normalized spacial score (nSPS) is 23.6. The van der Waals surface area contributed by atoms with Gasteiger partial charge in [0.05, 0.1) is 11.8 Å². The Morgan fingerprint density at radius 3 is 2.36 bits per heavy atom. The Labute approximate surface area is 151 Å². The second kappa shape index (κ2) is 8.50. The first-order valence-electron chi connectivity index (χ1n) is 9.82. The zero-order valence-electron chi connectivity index (χ0n) is 15.2. The topological polar surface area (TPSA) is 49.4 Å². The third-order valence-corrected chi connectivity index (χ3v) is 5.56. The number of rotatable bonds is 6. The molecule has 1 aromatic carbocycles. The molecule has 0 radical (unpaired) electrons. The molecular weight excluding hydrogens is 312 g/mol. The van der Waals surface area contributed by atoms with E-state index in [1.165, 1.54) is 25.7 Å². The van der Waals surface area contributed by atoms with Crippen molar-refractivity contribution in [3.8, 4) is 0 Å². The van der Waals surface area contributed by atoms with Crippen LogP contribution in [0.1, 0.15) is 57.4 Å². The van der Waals surface area contributed by atoms with Crippen LogP contribution in [0.5, 0.6) is 0 Å². The lowest BCUT2D eigenvalue weighted by molar-refractivity contribution is -0.135. The summed E-state index contributed by atoms with van der Waals surface area (Å²) in [6.07, 6.45) is 7.86. The molecule has 136 valence electrons. The van der Waals surface area contributed by atoms with Crippen LogP contribution in [-0.2, 0) is 16.1 Å². The molecule has 0 bridgehead atoms. The Hall–Kier alpha value is -1.84. The monoisotopic (exact) mass is 342 g/mol. The second-order valence-electron chi connectivity index (χ2n) is 7.48. The molecule has 0 aromatic heterocycles. The number of hydrogen-bond donors (Lipinski definition) is 1. The average molecular weight is 342 g/mol. The van der Waals surface area contributed by atoms with Gasteiger partial charge in [0, 0.05) is 19.1 Å². The van der Waals surface area contributed by atoms with Crippen LogP contribution >= 0.6 is 0 Å². The fourth-order valence-electron chi connectivity index (χ4n) is 3.87. The number of amides is 2. The average Bonchev–Trinajstić information content (AvgIpc) is 3.44. The van der Waals surface area contributed by atoms with Gasteiger partial charge < -0.3 is 10.2 Å². The van der Waals surface area contributed by atoms with Crippen LogP contribution in [0.15, 0.2) is 30.3 Å². The van der Waals surface area contributed by atoms with Gasteiger partial charge in [0.1, 0.15) is 0 Å². The van der Waals surface area contributed by atoms with E-state index in [4.69, 9.17) is 0 Å². The van der Waals surface area contributed by atoms with Crippen LogP contribution in [-0.4, -0.2) is 29.3 Å². The Balaban J connectivity index is 1.50. The van der Waals surface area contributed by atoms with Crippen molar-refractivity contribution in [1.82, 2.24) is 10.2 Å². The summed E-state index contributed by atoms with van der Waals surface area (Å²) in [7, 11) is 0. The summed E-state index contributed by atoms with van der Waals surface area (Å²) in [6, 6.07) is 10.4. The molecule has 0 saturated heterocycles. The maximum atomic E-state index is 12.7. The van der Waals surface area contributed by atoms with Crippen molar-refractivity contribution in [2.45, 2.75) is 64.5 Å². The Morgan fingerprint density at radius 1 is 1.04 bits per heavy atom. The number of benzene rings is 1. The van der Waals surface area contributed by atoms with Crippen LogP contribution in [0.4, 0.5) is 0 Å². The standard InChI is InChI=1S/C21H30N2O2/c1-2-23(15-16-10-6-5-7-11-16)21(25)19-14-18(19)20(24)22-17-12-8-3-4-9-13-17/h5-7,10-11,17-19H,2-4,8-9,12-15H2,1H3,(H,22,24). The third-order valence-electron chi connectivity index (χ3n) is 5.56. The minimum absolute atomic E-state index is 0.0982. The highest BCUT2D eigenvalue weighted by molar-refractivity contribution is 5.92. The van der Waals surface area contributed by atoms with E-state index in [1.807, 2.05) is 42.2 Å². The fourth-order valence-corrected chi connectivity index (χ4v) is 3.87. The Morgan fingerprint density at radius 2 is 1.72 bits per heavy atom. The summed E-state index contributed by atoms with van der Waals surface area (Å²) in [5, 5.41) is 3.20. The number of nitrogens with zero attached hydrogens (tertiary/aromatic N) is 1. The van der Waals surface area contributed by atoms with Crippen molar-refractivity contribution < 1.29 is 9.59 Å². The van der Waals surface area contributed by atoms with Crippen molar-refractivity contribution >= 4 is 11.8 Å². The van der Waals surface area contributed by atoms with Gasteiger partial charge in [-0.25, -0.2) is 0 Å². The molecule has 0 spiro atoms. The lowest BCUT2D eigenvalue weighted by atomic mass is 10.1. The highest BCUT2D eigenvalue weighted by Crippen LogP contribution is 2.40. The molecule has 4 heteroatoms. The Kier molecular flexibility index (Phi) is 6.11. The minimum Gasteiger partial charge on any atom is -0.353 e. The van der Waals surface area contributed by atoms with E-state index in [-0.39, 0.29) is 23.7 Å². The largest absolute Gasteiger partial charge is 0.353 e. The second-order valence-corrected chi connectivity index (χ2v) is 7.48. The fraction of sp³-hybridized carbons (Fsp3) is 0.619. The lowest BCUT2D eigenvalue weighted by Gasteiger charge is -2.21. The van der Waals surface area contributed by atoms with Gasteiger partial charge in [-0.15, -0.1) is 0 Å². The quantitative estimate of drug-likeness (QED) is 0.804. The van der Waals surface area contributed by atoms with Gasteiger partial charge in [-0.2, -0.15) is 0 Å². The number of nitrogens with one attached hydrogen (secondary N) is 1. The summed E-state index contributed by atoms with van der Waals surface area (Å²) in [4.78, 5) is 27.1. The first-order valence-corrected chi connectivity index (χ1v) is 9.82. The molecule has 4 nitrogen and oxygen atoms in total. The summed E-state index contributed by atoms with van der Waals surface area (Å²) in [5.41, 5.74) is 1.14. The highest BCUT2D eigenvalue weighted by atomic mass is 16.2. The zero-order chi connectivity index (χ0) is 17.6. The third kappa shape index (κ3) is 4.83. The molecule has 2 aliphatic carbocycles. The molecular formula is C21H30N2O2. The van der Waals surface area contributed by atoms with Gasteiger partial charge in [-0.3, -0.25) is 9.59 Å². The van der Waals surface area contributed by atoms with Crippen molar-refractivity contribution in [3.05, 3.63) is 35.9 Å². The van der Waals surface area contributed by atoms with Crippen LogP contribution in [0.3, 0.4) is 0 Å². The molecule has 2 atom stereocenters. The van der Waals surface area contributed by atoms with E-state index in [1.54, 1.807) is 0 Å². The van der Waals surface area contributed by atoms with Crippen molar-refractivity contribution in [1.29, 1.82) is 0 Å². The van der Waals surface area contributed by atoms with Crippen molar-refractivity contribution in [2.24, 2.45) is 11.8 Å². The molecule has 2 aliphatic rings. The van der Waals surface area contributed by atoms with E-state index < -0.39 is 0 Å². The van der Waals surface area contributed by atoms with E-state index >= 15 is 0 Å². The van der Waals surface area contributed by atoms with Crippen LogP contribution in [0.2, 0.25) is 0 Å². The molecule has 2 amide bonds. The summed E-state index contributed by atoms with van der Waals surface area (Å²) < 4.78 is 0. The van der Waals surface area contributed by atoms with E-state index in [2.05, 4.69) is 5.32 Å².